The molecule has 0 unspecified atom stereocenters. The molecule has 0 fully saturated rings. The first-order chi connectivity index (χ1) is 6.32. The summed E-state index contributed by atoms with van der Waals surface area (Å²) in [6.07, 6.45) is 1.12. The maximum atomic E-state index is 13.2. The molecule has 0 aromatic heterocycles. The van der Waals surface area contributed by atoms with Gasteiger partial charge in [-0.05, 0) is 29.7 Å². The van der Waals surface area contributed by atoms with Crippen molar-refractivity contribution in [2.24, 2.45) is 0 Å². The summed E-state index contributed by atoms with van der Waals surface area (Å²) in [6, 6.07) is 3.89. The molecule has 0 N–H and O–H groups in total. The molecule has 0 amide bonds. The van der Waals surface area contributed by atoms with Crippen LogP contribution in [0.3, 0.4) is 0 Å². The number of rotatable bonds is 2. The van der Waals surface area contributed by atoms with Crippen molar-refractivity contribution in [3.63, 3.8) is 0 Å². The van der Waals surface area contributed by atoms with E-state index in [9.17, 15) is 12.8 Å². The Kier molecular flexibility index (Phi) is 2.95. The first kappa shape index (κ1) is 11.2. The van der Waals surface area contributed by atoms with Gasteiger partial charge < -0.3 is 0 Å². The van der Waals surface area contributed by atoms with E-state index < -0.39 is 9.84 Å². The summed E-state index contributed by atoms with van der Waals surface area (Å²) in [4.78, 5) is 0.169. The number of hydrogen-bond acceptors (Lipinski definition) is 2. The Labute approximate surface area is 83.7 Å². The van der Waals surface area contributed by atoms with Gasteiger partial charge in [-0.25, -0.2) is 12.8 Å². The van der Waals surface area contributed by atoms with Crippen LogP contribution >= 0.6 is 0 Å². The van der Waals surface area contributed by atoms with Gasteiger partial charge in [0.05, 0.1) is 4.90 Å². The third-order valence-electron chi connectivity index (χ3n) is 2.02. The minimum atomic E-state index is -3.24. The van der Waals surface area contributed by atoms with E-state index in [1.54, 1.807) is 0 Å². The van der Waals surface area contributed by atoms with Crippen LogP contribution in [0.1, 0.15) is 25.3 Å². The van der Waals surface area contributed by atoms with Gasteiger partial charge in [-0.3, -0.25) is 0 Å². The van der Waals surface area contributed by atoms with E-state index in [2.05, 4.69) is 0 Å². The highest BCUT2D eigenvalue weighted by Crippen LogP contribution is 2.21. The van der Waals surface area contributed by atoms with Gasteiger partial charge in [0, 0.05) is 6.26 Å². The third kappa shape index (κ3) is 2.32. The van der Waals surface area contributed by atoms with Crippen LogP contribution in [0.15, 0.2) is 23.1 Å². The lowest BCUT2D eigenvalue weighted by Crippen LogP contribution is -2.01. The van der Waals surface area contributed by atoms with E-state index in [0.29, 0.717) is 5.56 Å². The highest BCUT2D eigenvalue weighted by atomic mass is 32.2. The SMILES string of the molecule is CC(C)c1cc(S(C)(=O)=O)ccc1F. The van der Waals surface area contributed by atoms with Crippen molar-refractivity contribution in [1.29, 1.82) is 0 Å². The minimum absolute atomic E-state index is 0.0169. The van der Waals surface area contributed by atoms with Crippen LogP contribution in [-0.4, -0.2) is 14.7 Å². The summed E-state index contributed by atoms with van der Waals surface area (Å²) >= 11 is 0. The molecular weight excluding hydrogens is 203 g/mol. The quantitative estimate of drug-likeness (QED) is 0.711. The largest absolute Gasteiger partial charge is 0.224 e. The van der Waals surface area contributed by atoms with Crippen LogP contribution in [0, 0.1) is 5.82 Å². The topological polar surface area (TPSA) is 34.1 Å². The van der Waals surface area contributed by atoms with Gasteiger partial charge in [-0.2, -0.15) is 0 Å². The Morgan fingerprint density at radius 2 is 1.86 bits per heavy atom. The lowest BCUT2D eigenvalue weighted by Gasteiger charge is -2.08. The summed E-state index contributed by atoms with van der Waals surface area (Å²) in [5.74, 6) is -0.371. The van der Waals surface area contributed by atoms with Crippen LogP contribution in [0.5, 0.6) is 0 Å². The van der Waals surface area contributed by atoms with Gasteiger partial charge >= 0.3 is 0 Å². The van der Waals surface area contributed by atoms with Gasteiger partial charge in [0.2, 0.25) is 0 Å². The monoisotopic (exact) mass is 216 g/mol. The van der Waals surface area contributed by atoms with Crippen LogP contribution in [0.4, 0.5) is 4.39 Å². The molecule has 1 rings (SSSR count). The van der Waals surface area contributed by atoms with E-state index in [0.717, 1.165) is 6.26 Å². The smallest absolute Gasteiger partial charge is 0.175 e. The highest BCUT2D eigenvalue weighted by Gasteiger charge is 2.12. The fraction of sp³-hybridized carbons (Fsp3) is 0.400. The summed E-state index contributed by atoms with van der Waals surface area (Å²) < 4.78 is 35.6. The molecule has 0 saturated heterocycles. The molecular formula is C10H13FO2S. The number of sulfone groups is 1. The lowest BCUT2D eigenvalue weighted by molar-refractivity contribution is 0.590. The molecule has 0 bridgehead atoms. The fourth-order valence-electron chi connectivity index (χ4n) is 1.19. The van der Waals surface area contributed by atoms with E-state index in [-0.39, 0.29) is 16.6 Å². The van der Waals surface area contributed by atoms with Crippen molar-refractivity contribution in [1.82, 2.24) is 0 Å². The van der Waals surface area contributed by atoms with E-state index >= 15 is 0 Å². The van der Waals surface area contributed by atoms with E-state index in [1.165, 1.54) is 18.2 Å². The predicted molar refractivity (Wildman–Crippen MR) is 53.6 cm³/mol. The Morgan fingerprint density at radius 1 is 1.29 bits per heavy atom. The Hall–Kier alpha value is -0.900. The van der Waals surface area contributed by atoms with E-state index in [4.69, 9.17) is 0 Å². The molecule has 0 atom stereocenters. The molecule has 0 aliphatic carbocycles. The van der Waals surface area contributed by atoms with Crippen molar-refractivity contribution in [3.05, 3.63) is 29.6 Å². The standard InChI is InChI=1S/C10H13FO2S/c1-7(2)9-6-8(14(3,12)13)4-5-10(9)11/h4-7H,1-3H3. The zero-order chi connectivity index (χ0) is 10.9. The third-order valence-corrected chi connectivity index (χ3v) is 3.13. The van der Waals surface area contributed by atoms with E-state index in [1.807, 2.05) is 13.8 Å². The first-order valence-electron chi connectivity index (χ1n) is 4.32. The molecule has 0 aliphatic heterocycles. The van der Waals surface area contributed by atoms with Gasteiger partial charge in [0.15, 0.2) is 9.84 Å². The average molecular weight is 216 g/mol. The Balaban J connectivity index is 3.34. The second-order valence-corrected chi connectivity index (χ2v) is 5.63. The Morgan fingerprint density at radius 3 is 2.29 bits per heavy atom. The molecule has 14 heavy (non-hydrogen) atoms. The van der Waals surface area contributed by atoms with Crippen molar-refractivity contribution >= 4 is 9.84 Å². The summed E-state index contributed by atoms with van der Waals surface area (Å²) in [6.45, 7) is 3.65. The highest BCUT2D eigenvalue weighted by molar-refractivity contribution is 7.90. The van der Waals surface area contributed by atoms with Crippen molar-refractivity contribution in [2.45, 2.75) is 24.7 Å². The Bertz CT molecular complexity index is 435. The molecule has 0 spiro atoms. The molecule has 78 valence electrons. The van der Waals surface area contributed by atoms with Crippen LogP contribution in [0.2, 0.25) is 0 Å². The molecule has 2 nitrogen and oxygen atoms in total. The zero-order valence-electron chi connectivity index (χ0n) is 8.41. The maximum Gasteiger partial charge on any atom is 0.175 e. The maximum absolute atomic E-state index is 13.2. The van der Waals surface area contributed by atoms with Crippen molar-refractivity contribution < 1.29 is 12.8 Å². The fourth-order valence-corrected chi connectivity index (χ4v) is 1.85. The molecule has 4 heteroatoms. The molecule has 1 aromatic carbocycles. The lowest BCUT2D eigenvalue weighted by atomic mass is 10.0. The average Bonchev–Trinajstić information content (AvgIpc) is 2.02. The van der Waals surface area contributed by atoms with Crippen LogP contribution in [-0.2, 0) is 9.84 Å². The number of halogens is 1. The second kappa shape index (κ2) is 3.69. The van der Waals surface area contributed by atoms with Crippen LogP contribution < -0.4 is 0 Å². The number of benzene rings is 1. The summed E-state index contributed by atoms with van der Waals surface area (Å²) in [5.41, 5.74) is 0.438. The predicted octanol–water partition coefficient (Wildman–Crippen LogP) is 2.35. The van der Waals surface area contributed by atoms with Crippen molar-refractivity contribution in [3.8, 4) is 0 Å². The first-order valence-corrected chi connectivity index (χ1v) is 6.21. The summed E-state index contributed by atoms with van der Waals surface area (Å²) in [5, 5.41) is 0. The molecule has 0 heterocycles. The molecule has 0 saturated carbocycles. The van der Waals surface area contributed by atoms with Gasteiger partial charge in [0.25, 0.3) is 0 Å². The van der Waals surface area contributed by atoms with Gasteiger partial charge in [0.1, 0.15) is 5.82 Å². The molecule has 0 radical (unpaired) electrons. The number of hydrogen-bond donors (Lipinski definition) is 0. The van der Waals surface area contributed by atoms with Gasteiger partial charge in [-0.1, -0.05) is 13.8 Å². The summed E-state index contributed by atoms with van der Waals surface area (Å²) in [7, 11) is -3.24. The zero-order valence-corrected chi connectivity index (χ0v) is 9.23. The second-order valence-electron chi connectivity index (χ2n) is 3.61. The van der Waals surface area contributed by atoms with Gasteiger partial charge in [-0.15, -0.1) is 0 Å². The molecule has 0 aliphatic rings. The van der Waals surface area contributed by atoms with Crippen LogP contribution in [0.25, 0.3) is 0 Å². The van der Waals surface area contributed by atoms with Crippen molar-refractivity contribution in [2.75, 3.05) is 6.26 Å². The minimum Gasteiger partial charge on any atom is -0.224 e. The molecule has 1 aromatic rings. The normalized spacial score (nSPS) is 12.1.